The molecule has 1 aliphatic heterocycles. The van der Waals surface area contributed by atoms with E-state index in [4.69, 9.17) is 8.92 Å². The highest BCUT2D eigenvalue weighted by atomic mass is 32.2. The number of aryl methyl sites for hydroxylation is 1. The standard InChI is InChI=1S/C17H27NO5S/c1-13-7-9-15(10-8-13)24(20,21)23-14-6-5-11-18(12-14)16(19)22-17(2,3)4/h7-10,14,16,19H,5-6,11-12H2,1-4H3. The first-order valence-electron chi connectivity index (χ1n) is 8.17. The third-order valence-electron chi connectivity index (χ3n) is 3.75. The fraction of sp³-hybridized carbons (Fsp3) is 0.647. The summed E-state index contributed by atoms with van der Waals surface area (Å²) in [6, 6.07) is 6.57. The molecule has 6 nitrogen and oxygen atoms in total. The average Bonchev–Trinajstić information content (AvgIpc) is 2.45. The summed E-state index contributed by atoms with van der Waals surface area (Å²) >= 11 is 0. The van der Waals surface area contributed by atoms with Crippen LogP contribution < -0.4 is 0 Å². The monoisotopic (exact) mass is 357 g/mol. The number of hydrogen-bond donors (Lipinski definition) is 1. The number of likely N-dealkylation sites (tertiary alicyclic amines) is 1. The van der Waals surface area contributed by atoms with Crippen LogP contribution in [0.1, 0.15) is 39.2 Å². The Kier molecular flexibility index (Phi) is 6.04. The number of piperidine rings is 1. The number of nitrogens with zero attached hydrogens (tertiary/aromatic N) is 1. The van der Waals surface area contributed by atoms with Gasteiger partial charge < -0.3 is 9.84 Å². The zero-order valence-electron chi connectivity index (χ0n) is 14.7. The molecule has 24 heavy (non-hydrogen) atoms. The second kappa shape index (κ2) is 7.49. The Morgan fingerprint density at radius 3 is 2.46 bits per heavy atom. The van der Waals surface area contributed by atoms with Gasteiger partial charge in [0.05, 0.1) is 16.6 Å². The predicted octanol–water partition coefficient (Wildman–Crippen LogP) is 2.26. The van der Waals surface area contributed by atoms with Crippen LogP contribution in [0.5, 0.6) is 0 Å². The molecule has 1 N–H and O–H groups in total. The van der Waals surface area contributed by atoms with Crippen LogP contribution in [0.3, 0.4) is 0 Å². The van der Waals surface area contributed by atoms with Crippen molar-refractivity contribution in [3.63, 3.8) is 0 Å². The Labute approximate surface area is 144 Å². The lowest BCUT2D eigenvalue weighted by Crippen LogP contribution is -2.49. The molecule has 0 amide bonds. The molecule has 136 valence electrons. The number of aliphatic hydroxyl groups excluding tert-OH is 1. The van der Waals surface area contributed by atoms with Gasteiger partial charge in [0.25, 0.3) is 10.1 Å². The van der Waals surface area contributed by atoms with E-state index in [9.17, 15) is 13.5 Å². The van der Waals surface area contributed by atoms with Gasteiger partial charge in [0.2, 0.25) is 6.41 Å². The van der Waals surface area contributed by atoms with Crippen molar-refractivity contribution in [3.05, 3.63) is 29.8 Å². The fourth-order valence-corrected chi connectivity index (χ4v) is 3.67. The molecule has 1 aromatic rings. The molecule has 1 heterocycles. The van der Waals surface area contributed by atoms with E-state index in [1.807, 2.05) is 27.7 Å². The highest BCUT2D eigenvalue weighted by Gasteiger charge is 2.31. The van der Waals surface area contributed by atoms with E-state index >= 15 is 0 Å². The van der Waals surface area contributed by atoms with Crippen LogP contribution in [-0.2, 0) is 19.0 Å². The third-order valence-corrected chi connectivity index (χ3v) is 5.13. The maximum Gasteiger partial charge on any atom is 0.297 e. The quantitative estimate of drug-likeness (QED) is 0.643. The summed E-state index contributed by atoms with van der Waals surface area (Å²) in [6.45, 7) is 8.42. The molecule has 0 bridgehead atoms. The van der Waals surface area contributed by atoms with Crippen molar-refractivity contribution >= 4 is 10.1 Å². The molecule has 2 unspecified atom stereocenters. The molecule has 2 rings (SSSR count). The SMILES string of the molecule is Cc1ccc(S(=O)(=O)OC2CCCN(C(O)OC(C)(C)C)C2)cc1. The lowest BCUT2D eigenvalue weighted by molar-refractivity contribution is -0.246. The smallest absolute Gasteiger partial charge is 0.297 e. The first-order valence-corrected chi connectivity index (χ1v) is 9.57. The van der Waals surface area contributed by atoms with Gasteiger partial charge in [-0.25, -0.2) is 0 Å². The molecular formula is C17H27NO5S. The van der Waals surface area contributed by atoms with Crippen molar-refractivity contribution in [2.24, 2.45) is 0 Å². The van der Waals surface area contributed by atoms with Gasteiger partial charge in [0.1, 0.15) is 0 Å². The second-order valence-corrected chi connectivity index (χ2v) is 8.75. The number of aliphatic hydroxyl groups is 1. The normalized spacial score (nSPS) is 21.6. The zero-order valence-corrected chi connectivity index (χ0v) is 15.5. The van der Waals surface area contributed by atoms with E-state index in [0.717, 1.165) is 12.0 Å². The molecule has 0 saturated carbocycles. The number of ether oxygens (including phenoxy) is 1. The van der Waals surface area contributed by atoms with Crippen LogP contribution in [0.25, 0.3) is 0 Å². The first-order chi connectivity index (χ1) is 11.1. The minimum absolute atomic E-state index is 0.150. The van der Waals surface area contributed by atoms with Crippen LogP contribution in [0.2, 0.25) is 0 Å². The highest BCUT2D eigenvalue weighted by molar-refractivity contribution is 7.86. The van der Waals surface area contributed by atoms with E-state index in [2.05, 4.69) is 0 Å². The Morgan fingerprint density at radius 2 is 1.88 bits per heavy atom. The molecule has 1 aliphatic rings. The maximum atomic E-state index is 12.4. The molecule has 1 saturated heterocycles. The highest BCUT2D eigenvalue weighted by Crippen LogP contribution is 2.22. The van der Waals surface area contributed by atoms with E-state index in [1.165, 1.54) is 0 Å². The van der Waals surface area contributed by atoms with Crippen LogP contribution in [-0.4, -0.2) is 49.6 Å². The predicted molar refractivity (Wildman–Crippen MR) is 90.9 cm³/mol. The first kappa shape index (κ1) is 19.3. The van der Waals surface area contributed by atoms with Gasteiger partial charge in [0, 0.05) is 13.1 Å². The van der Waals surface area contributed by atoms with Gasteiger partial charge in [-0.2, -0.15) is 8.42 Å². The molecule has 0 radical (unpaired) electrons. The van der Waals surface area contributed by atoms with E-state index in [0.29, 0.717) is 19.5 Å². The van der Waals surface area contributed by atoms with Gasteiger partial charge in [-0.15, -0.1) is 0 Å². The zero-order chi connectivity index (χ0) is 18.0. The summed E-state index contributed by atoms with van der Waals surface area (Å²) in [5, 5.41) is 10.2. The molecule has 0 aliphatic carbocycles. The van der Waals surface area contributed by atoms with Gasteiger partial charge in [-0.05, 0) is 52.7 Å². The molecule has 1 fully saturated rings. The summed E-state index contributed by atoms with van der Waals surface area (Å²) in [4.78, 5) is 1.85. The maximum absolute atomic E-state index is 12.4. The van der Waals surface area contributed by atoms with E-state index in [1.54, 1.807) is 29.2 Å². The number of hydrogen-bond acceptors (Lipinski definition) is 6. The average molecular weight is 357 g/mol. The fourth-order valence-electron chi connectivity index (χ4n) is 2.58. The number of rotatable bonds is 5. The van der Waals surface area contributed by atoms with E-state index < -0.39 is 28.2 Å². The van der Waals surface area contributed by atoms with Crippen LogP contribution >= 0.6 is 0 Å². The topological polar surface area (TPSA) is 76.1 Å². The Morgan fingerprint density at radius 1 is 1.25 bits per heavy atom. The lowest BCUT2D eigenvalue weighted by atomic mass is 10.1. The van der Waals surface area contributed by atoms with Crippen molar-refractivity contribution in [2.75, 3.05) is 13.1 Å². The van der Waals surface area contributed by atoms with Crippen LogP contribution in [0, 0.1) is 6.92 Å². The molecule has 7 heteroatoms. The molecule has 0 aromatic heterocycles. The van der Waals surface area contributed by atoms with Gasteiger partial charge in [-0.1, -0.05) is 17.7 Å². The van der Waals surface area contributed by atoms with Crippen molar-refractivity contribution in [1.82, 2.24) is 4.90 Å². The molecular weight excluding hydrogens is 330 g/mol. The summed E-state index contributed by atoms with van der Waals surface area (Å²) in [6.07, 6.45) is -0.204. The van der Waals surface area contributed by atoms with Crippen molar-refractivity contribution in [2.45, 2.75) is 63.6 Å². The van der Waals surface area contributed by atoms with Crippen molar-refractivity contribution < 1.29 is 22.4 Å². The largest absolute Gasteiger partial charge is 0.356 e. The Bertz CT molecular complexity index is 636. The van der Waals surface area contributed by atoms with Gasteiger partial charge in [-0.3, -0.25) is 9.08 Å². The van der Waals surface area contributed by atoms with Gasteiger partial charge in [0.15, 0.2) is 0 Å². The molecule has 2 atom stereocenters. The molecule has 0 spiro atoms. The van der Waals surface area contributed by atoms with Crippen molar-refractivity contribution in [3.8, 4) is 0 Å². The summed E-state index contributed by atoms with van der Waals surface area (Å²) in [5.41, 5.74) is 0.501. The third kappa shape index (κ3) is 5.53. The van der Waals surface area contributed by atoms with Crippen molar-refractivity contribution in [1.29, 1.82) is 0 Å². The molecule has 1 aromatic carbocycles. The lowest BCUT2D eigenvalue weighted by Gasteiger charge is -2.37. The minimum Gasteiger partial charge on any atom is -0.356 e. The summed E-state index contributed by atoms with van der Waals surface area (Å²) in [5.74, 6) is 0. The summed E-state index contributed by atoms with van der Waals surface area (Å²) < 4.78 is 35.7. The minimum atomic E-state index is -3.81. The Hall–Kier alpha value is -0.990. The van der Waals surface area contributed by atoms with Crippen LogP contribution in [0.15, 0.2) is 29.2 Å². The second-order valence-electron chi connectivity index (χ2n) is 7.18. The number of benzene rings is 1. The van der Waals surface area contributed by atoms with Crippen LogP contribution in [0.4, 0.5) is 0 Å². The Balaban J connectivity index is 2.00. The van der Waals surface area contributed by atoms with Gasteiger partial charge >= 0.3 is 0 Å². The van der Waals surface area contributed by atoms with E-state index in [-0.39, 0.29) is 4.90 Å². The summed E-state index contributed by atoms with van der Waals surface area (Å²) in [7, 11) is -3.81.